The number of hydrogen-bond donors (Lipinski definition) is 1. The number of halogens is 2. The Morgan fingerprint density at radius 3 is 2.21 bits per heavy atom. The number of amides is 2. The lowest BCUT2D eigenvalue weighted by Gasteiger charge is -2.32. The first-order valence-corrected chi connectivity index (χ1v) is 14.4. The van der Waals surface area contributed by atoms with Crippen molar-refractivity contribution >= 4 is 50.7 Å². The summed E-state index contributed by atoms with van der Waals surface area (Å²) in [4.78, 5) is 28.1. The van der Waals surface area contributed by atoms with E-state index in [2.05, 4.69) is 5.32 Å². The molecule has 7 nitrogen and oxygen atoms in total. The summed E-state index contributed by atoms with van der Waals surface area (Å²) in [5.41, 5.74) is 1.87. The summed E-state index contributed by atoms with van der Waals surface area (Å²) in [6.45, 7) is 5.45. The monoisotopic (exact) mass is 575 g/mol. The fourth-order valence-corrected chi connectivity index (χ4v) is 5.46. The van der Waals surface area contributed by atoms with E-state index in [1.54, 1.807) is 19.1 Å². The minimum atomic E-state index is -4.18. The average Bonchev–Trinajstić information content (AvgIpc) is 2.90. The Morgan fingerprint density at radius 2 is 1.61 bits per heavy atom. The number of sulfonamides is 1. The maximum absolute atomic E-state index is 13.8. The van der Waals surface area contributed by atoms with Crippen molar-refractivity contribution < 1.29 is 18.0 Å². The Hall–Kier alpha value is -3.07. The second-order valence-electron chi connectivity index (χ2n) is 8.90. The van der Waals surface area contributed by atoms with Gasteiger partial charge in [-0.25, -0.2) is 8.42 Å². The average molecular weight is 577 g/mol. The Bertz CT molecular complexity index is 1370. The highest BCUT2D eigenvalue weighted by Gasteiger charge is 2.32. The van der Waals surface area contributed by atoms with Gasteiger partial charge < -0.3 is 10.2 Å². The predicted octanol–water partition coefficient (Wildman–Crippen LogP) is 5.44. The first-order valence-electron chi connectivity index (χ1n) is 12.2. The number of carbonyl (C=O) groups excluding carboxylic acids is 2. The molecule has 1 atom stereocenters. The molecule has 0 aliphatic heterocycles. The topological polar surface area (TPSA) is 86.8 Å². The van der Waals surface area contributed by atoms with Gasteiger partial charge in [0, 0.05) is 13.1 Å². The van der Waals surface area contributed by atoms with Crippen LogP contribution in [0.15, 0.2) is 77.7 Å². The summed E-state index contributed by atoms with van der Waals surface area (Å²) in [5.74, 6) is -0.867. The Labute approximate surface area is 234 Å². The molecule has 1 N–H and O–H groups in total. The van der Waals surface area contributed by atoms with E-state index in [1.807, 2.05) is 44.2 Å². The van der Waals surface area contributed by atoms with E-state index in [4.69, 9.17) is 23.2 Å². The molecule has 0 unspecified atom stereocenters. The normalized spacial score (nSPS) is 12.0. The van der Waals surface area contributed by atoms with Crippen molar-refractivity contribution in [3.63, 3.8) is 0 Å². The number of benzene rings is 3. The highest BCUT2D eigenvalue weighted by atomic mass is 35.5. The van der Waals surface area contributed by atoms with Gasteiger partial charge in [0.2, 0.25) is 11.8 Å². The minimum Gasteiger partial charge on any atom is -0.354 e. The molecule has 38 heavy (non-hydrogen) atoms. The van der Waals surface area contributed by atoms with Crippen molar-refractivity contribution in [3.05, 3.63) is 94.0 Å². The number of hydrogen-bond acceptors (Lipinski definition) is 4. The Morgan fingerprint density at radius 1 is 0.947 bits per heavy atom. The summed E-state index contributed by atoms with van der Waals surface area (Å²) in [6.07, 6.45) is 0.741. The van der Waals surface area contributed by atoms with Crippen LogP contribution in [0, 0.1) is 6.92 Å². The number of nitrogens with zero attached hydrogens (tertiary/aromatic N) is 2. The molecule has 0 aliphatic rings. The second-order valence-corrected chi connectivity index (χ2v) is 11.6. The van der Waals surface area contributed by atoms with Gasteiger partial charge in [0.15, 0.2) is 0 Å². The zero-order chi connectivity index (χ0) is 27.9. The van der Waals surface area contributed by atoms with Crippen molar-refractivity contribution in [2.24, 2.45) is 0 Å². The summed E-state index contributed by atoms with van der Waals surface area (Å²) in [6, 6.07) is 19.1. The van der Waals surface area contributed by atoms with Crippen LogP contribution in [0.1, 0.15) is 31.4 Å². The number of nitrogens with one attached hydrogen (secondary N) is 1. The molecule has 202 valence electrons. The van der Waals surface area contributed by atoms with Gasteiger partial charge in [-0.05, 0) is 56.2 Å². The maximum Gasteiger partial charge on any atom is 0.264 e. The molecule has 0 bridgehead atoms. The number of aryl methyl sites for hydroxylation is 1. The Kier molecular flexibility index (Phi) is 10.2. The molecular formula is C28H31Cl2N3O4S. The van der Waals surface area contributed by atoms with Crippen molar-refractivity contribution in [1.29, 1.82) is 0 Å². The lowest BCUT2D eigenvalue weighted by Crippen LogP contribution is -2.51. The summed E-state index contributed by atoms with van der Waals surface area (Å²) in [5, 5.41) is 3.22. The molecule has 0 aromatic heterocycles. The van der Waals surface area contributed by atoms with Gasteiger partial charge in [0.25, 0.3) is 10.0 Å². The van der Waals surface area contributed by atoms with Crippen LogP contribution >= 0.6 is 23.2 Å². The smallest absolute Gasteiger partial charge is 0.264 e. The zero-order valence-corrected chi connectivity index (χ0v) is 23.9. The number of carbonyl (C=O) groups is 2. The molecule has 0 heterocycles. The van der Waals surface area contributed by atoms with Crippen LogP contribution in [0.5, 0.6) is 0 Å². The predicted molar refractivity (Wildman–Crippen MR) is 152 cm³/mol. The van der Waals surface area contributed by atoms with Gasteiger partial charge in [-0.2, -0.15) is 0 Å². The van der Waals surface area contributed by atoms with Crippen LogP contribution in [0.3, 0.4) is 0 Å². The molecule has 0 spiro atoms. The molecule has 2 amide bonds. The highest BCUT2D eigenvalue weighted by molar-refractivity contribution is 7.92. The molecule has 3 aromatic carbocycles. The first-order chi connectivity index (χ1) is 18.0. The largest absolute Gasteiger partial charge is 0.354 e. The zero-order valence-electron chi connectivity index (χ0n) is 21.5. The van der Waals surface area contributed by atoms with Crippen molar-refractivity contribution in [2.75, 3.05) is 17.4 Å². The third kappa shape index (κ3) is 7.28. The van der Waals surface area contributed by atoms with Gasteiger partial charge in [-0.3, -0.25) is 13.9 Å². The van der Waals surface area contributed by atoms with Crippen LogP contribution < -0.4 is 9.62 Å². The maximum atomic E-state index is 13.8. The van der Waals surface area contributed by atoms with E-state index in [-0.39, 0.29) is 33.1 Å². The SMILES string of the molecule is CCCNC(=O)[C@@H](C)N(Cc1ccccc1)C(=O)CN(c1ccc(Cl)c(Cl)c1)S(=O)(=O)c1ccc(C)cc1. The molecule has 0 fully saturated rings. The van der Waals surface area contributed by atoms with Crippen molar-refractivity contribution in [3.8, 4) is 0 Å². The van der Waals surface area contributed by atoms with Crippen LogP contribution in [0.25, 0.3) is 0 Å². The van der Waals surface area contributed by atoms with Gasteiger partial charge in [0.1, 0.15) is 12.6 Å². The molecule has 10 heteroatoms. The quantitative estimate of drug-likeness (QED) is 0.330. The van der Waals surface area contributed by atoms with Crippen LogP contribution in [-0.2, 0) is 26.2 Å². The van der Waals surface area contributed by atoms with Crippen molar-refractivity contribution in [1.82, 2.24) is 10.2 Å². The molecule has 0 saturated heterocycles. The molecule has 0 saturated carbocycles. The fourth-order valence-electron chi connectivity index (χ4n) is 3.77. The standard InChI is InChI=1S/C28H31Cl2N3O4S/c1-4-16-31-28(35)21(3)32(18-22-8-6-5-7-9-22)27(34)19-33(23-12-15-25(29)26(30)17-23)38(36,37)24-13-10-20(2)11-14-24/h5-15,17,21H,4,16,18-19H2,1-3H3,(H,31,35)/t21-/m1/s1. The third-order valence-corrected chi connectivity index (χ3v) is 8.52. The van der Waals surface area contributed by atoms with Gasteiger partial charge in [-0.1, -0.05) is 78.2 Å². The lowest BCUT2D eigenvalue weighted by molar-refractivity contribution is -0.139. The van der Waals surface area contributed by atoms with E-state index < -0.39 is 28.5 Å². The van der Waals surface area contributed by atoms with Gasteiger partial charge in [-0.15, -0.1) is 0 Å². The Balaban J connectivity index is 2.03. The second kappa shape index (κ2) is 13.1. The van der Waals surface area contributed by atoms with Crippen LogP contribution in [-0.4, -0.2) is 44.3 Å². The summed E-state index contributed by atoms with van der Waals surface area (Å²) >= 11 is 12.3. The molecular weight excluding hydrogens is 545 g/mol. The third-order valence-electron chi connectivity index (χ3n) is 5.99. The van der Waals surface area contributed by atoms with E-state index in [9.17, 15) is 18.0 Å². The van der Waals surface area contributed by atoms with Gasteiger partial charge in [0.05, 0.1) is 20.6 Å². The first kappa shape index (κ1) is 29.5. The molecule has 3 rings (SSSR count). The summed E-state index contributed by atoms with van der Waals surface area (Å²) in [7, 11) is -4.18. The molecule has 0 radical (unpaired) electrons. The van der Waals surface area contributed by atoms with E-state index in [0.29, 0.717) is 6.54 Å². The van der Waals surface area contributed by atoms with Crippen molar-refractivity contribution in [2.45, 2.75) is 44.7 Å². The lowest BCUT2D eigenvalue weighted by atomic mass is 10.1. The highest BCUT2D eigenvalue weighted by Crippen LogP contribution is 2.31. The van der Waals surface area contributed by atoms with Gasteiger partial charge >= 0.3 is 0 Å². The van der Waals surface area contributed by atoms with E-state index in [1.165, 1.54) is 35.2 Å². The van der Waals surface area contributed by atoms with Crippen LogP contribution in [0.4, 0.5) is 5.69 Å². The van der Waals surface area contributed by atoms with E-state index >= 15 is 0 Å². The van der Waals surface area contributed by atoms with Crippen LogP contribution in [0.2, 0.25) is 10.0 Å². The molecule has 0 aliphatic carbocycles. The minimum absolute atomic E-state index is 0.0188. The molecule has 3 aromatic rings. The number of rotatable bonds is 11. The summed E-state index contributed by atoms with van der Waals surface area (Å²) < 4.78 is 28.6. The number of anilines is 1. The van der Waals surface area contributed by atoms with E-state index in [0.717, 1.165) is 21.9 Å². The fraction of sp³-hybridized carbons (Fsp3) is 0.286.